The molecular formula is C13H11BrN6O3. The minimum absolute atomic E-state index is 0.0347. The molecule has 1 aromatic carbocycles. The average Bonchev–Trinajstić information content (AvgIpc) is 2.88. The Kier molecular flexibility index (Phi) is 4.06. The largest absolute Gasteiger partial charge is 0.342 e. The van der Waals surface area contributed by atoms with Crippen LogP contribution in [0.2, 0.25) is 0 Å². The molecule has 0 aliphatic rings. The van der Waals surface area contributed by atoms with Gasteiger partial charge in [0.25, 0.3) is 5.56 Å². The normalized spacial score (nSPS) is 10.8. The van der Waals surface area contributed by atoms with Crippen LogP contribution in [-0.2, 0) is 11.2 Å². The van der Waals surface area contributed by atoms with Crippen molar-refractivity contribution in [1.82, 2.24) is 25.4 Å². The highest BCUT2D eigenvalue weighted by atomic mass is 79.9. The number of aromatic amines is 3. The monoisotopic (exact) mass is 378 g/mol. The lowest BCUT2D eigenvalue weighted by Gasteiger charge is -2.02. The molecule has 10 heteroatoms. The van der Waals surface area contributed by atoms with Gasteiger partial charge in [0.05, 0.1) is 5.52 Å². The Morgan fingerprint density at radius 3 is 2.83 bits per heavy atom. The molecule has 0 atom stereocenters. The zero-order valence-corrected chi connectivity index (χ0v) is 13.2. The third kappa shape index (κ3) is 3.37. The Morgan fingerprint density at radius 1 is 1.22 bits per heavy atom. The van der Waals surface area contributed by atoms with E-state index in [1.807, 2.05) is 18.2 Å². The number of benzene rings is 1. The number of rotatable bonds is 4. The van der Waals surface area contributed by atoms with Crippen LogP contribution in [0.25, 0.3) is 10.9 Å². The van der Waals surface area contributed by atoms with E-state index in [1.54, 1.807) is 0 Å². The predicted octanol–water partition coefficient (Wildman–Crippen LogP) is 0.668. The molecule has 0 saturated heterocycles. The summed E-state index contributed by atoms with van der Waals surface area (Å²) >= 11 is 3.36. The fraction of sp³-hybridized carbons (Fsp3) is 0.154. The number of hydrogen-bond donors (Lipinski definition) is 4. The van der Waals surface area contributed by atoms with Crippen LogP contribution in [0, 0.1) is 0 Å². The quantitative estimate of drug-likeness (QED) is 0.528. The Labute approximate surface area is 136 Å². The van der Waals surface area contributed by atoms with Gasteiger partial charge in [-0.15, -0.1) is 0 Å². The van der Waals surface area contributed by atoms with Gasteiger partial charge >= 0.3 is 5.69 Å². The molecule has 3 rings (SSSR count). The van der Waals surface area contributed by atoms with Crippen LogP contribution in [0.1, 0.15) is 12.1 Å². The van der Waals surface area contributed by atoms with Crippen molar-refractivity contribution in [3.63, 3.8) is 0 Å². The molecular weight excluding hydrogens is 368 g/mol. The molecule has 0 aliphatic heterocycles. The number of nitrogens with one attached hydrogen (secondary N) is 4. The molecule has 0 saturated carbocycles. The number of carbonyl (C=O) groups is 1. The minimum Gasteiger partial charge on any atom is -0.309 e. The van der Waals surface area contributed by atoms with E-state index in [0.29, 0.717) is 5.82 Å². The van der Waals surface area contributed by atoms with E-state index in [-0.39, 0.29) is 24.4 Å². The molecule has 1 amide bonds. The van der Waals surface area contributed by atoms with Crippen molar-refractivity contribution in [3.8, 4) is 0 Å². The predicted molar refractivity (Wildman–Crippen MR) is 86.2 cm³/mol. The minimum atomic E-state index is -0.683. The Morgan fingerprint density at radius 2 is 2.04 bits per heavy atom. The van der Waals surface area contributed by atoms with Crippen molar-refractivity contribution in [2.75, 3.05) is 5.32 Å². The van der Waals surface area contributed by atoms with Crippen LogP contribution in [0.4, 0.5) is 5.82 Å². The first kappa shape index (κ1) is 15.2. The number of anilines is 1. The molecule has 118 valence electrons. The van der Waals surface area contributed by atoms with Crippen molar-refractivity contribution in [2.45, 2.75) is 12.8 Å². The molecule has 0 radical (unpaired) electrons. The Balaban J connectivity index is 1.69. The zero-order chi connectivity index (χ0) is 16.4. The molecule has 2 aromatic heterocycles. The molecule has 0 fully saturated rings. The summed E-state index contributed by atoms with van der Waals surface area (Å²) in [5.41, 5.74) is -0.405. The van der Waals surface area contributed by atoms with Crippen molar-refractivity contribution >= 4 is 38.6 Å². The molecule has 0 aliphatic carbocycles. The topological polar surface area (TPSA) is 136 Å². The molecule has 4 N–H and O–H groups in total. The van der Waals surface area contributed by atoms with Crippen LogP contribution in [0.15, 0.2) is 32.3 Å². The smallest absolute Gasteiger partial charge is 0.309 e. The van der Waals surface area contributed by atoms with Crippen LogP contribution in [0.3, 0.4) is 0 Å². The van der Waals surface area contributed by atoms with Gasteiger partial charge < -0.3 is 5.32 Å². The van der Waals surface area contributed by atoms with Gasteiger partial charge in [-0.1, -0.05) is 15.9 Å². The highest BCUT2D eigenvalue weighted by Gasteiger charge is 2.11. The number of carbonyl (C=O) groups excluding carboxylic acids is 1. The lowest BCUT2D eigenvalue weighted by molar-refractivity contribution is -0.116. The first-order chi connectivity index (χ1) is 11.0. The van der Waals surface area contributed by atoms with E-state index in [4.69, 9.17) is 0 Å². The van der Waals surface area contributed by atoms with E-state index in [9.17, 15) is 14.4 Å². The van der Waals surface area contributed by atoms with Gasteiger partial charge in [0, 0.05) is 22.7 Å². The summed E-state index contributed by atoms with van der Waals surface area (Å²) in [6.45, 7) is 0. The van der Waals surface area contributed by atoms with Gasteiger partial charge in [-0.05, 0) is 18.2 Å². The van der Waals surface area contributed by atoms with Crippen LogP contribution in [0.5, 0.6) is 0 Å². The number of aromatic nitrogens is 5. The number of fused-ring (bicyclic) bond motifs is 1. The zero-order valence-electron chi connectivity index (χ0n) is 11.6. The van der Waals surface area contributed by atoms with Gasteiger partial charge in [0.15, 0.2) is 5.82 Å². The summed E-state index contributed by atoms with van der Waals surface area (Å²) in [5, 5.41) is 16.1. The number of aryl methyl sites for hydroxylation is 1. The van der Waals surface area contributed by atoms with E-state index >= 15 is 0 Å². The number of halogens is 1. The van der Waals surface area contributed by atoms with E-state index < -0.39 is 11.2 Å². The first-order valence-corrected chi connectivity index (χ1v) is 7.43. The average molecular weight is 379 g/mol. The molecule has 23 heavy (non-hydrogen) atoms. The highest BCUT2D eigenvalue weighted by molar-refractivity contribution is 9.10. The molecule has 0 unspecified atom stereocenters. The maximum absolute atomic E-state index is 12.0. The fourth-order valence-electron chi connectivity index (χ4n) is 2.06. The summed E-state index contributed by atoms with van der Waals surface area (Å²) < 4.78 is 0.898. The van der Waals surface area contributed by atoms with Crippen molar-refractivity contribution < 1.29 is 4.79 Å². The van der Waals surface area contributed by atoms with Crippen molar-refractivity contribution in [3.05, 3.63) is 49.2 Å². The lowest BCUT2D eigenvalue weighted by Crippen LogP contribution is -2.28. The second-order valence-corrected chi connectivity index (χ2v) is 5.68. The summed E-state index contributed by atoms with van der Waals surface area (Å²) in [6, 6.07) is 5.52. The van der Waals surface area contributed by atoms with Crippen LogP contribution < -0.4 is 16.6 Å². The van der Waals surface area contributed by atoms with Crippen LogP contribution >= 0.6 is 15.9 Å². The van der Waals surface area contributed by atoms with Crippen molar-refractivity contribution in [2.24, 2.45) is 0 Å². The molecule has 9 nitrogen and oxygen atoms in total. The summed E-state index contributed by atoms with van der Waals surface area (Å²) in [5.74, 6) is 0.106. The maximum Gasteiger partial charge on any atom is 0.342 e. The van der Waals surface area contributed by atoms with E-state index in [2.05, 4.69) is 46.6 Å². The SMILES string of the molecule is O=C(CCc1n[nH]c(=O)[nH]c1=O)Nc1n[nH]c2cc(Br)ccc12. The number of amides is 1. The van der Waals surface area contributed by atoms with E-state index in [0.717, 1.165) is 15.4 Å². The molecule has 0 spiro atoms. The number of H-pyrrole nitrogens is 3. The van der Waals surface area contributed by atoms with Gasteiger partial charge in [0.1, 0.15) is 5.69 Å². The van der Waals surface area contributed by atoms with Gasteiger partial charge in [-0.25, -0.2) is 9.89 Å². The highest BCUT2D eigenvalue weighted by Crippen LogP contribution is 2.23. The first-order valence-electron chi connectivity index (χ1n) is 6.64. The molecule has 2 heterocycles. The molecule has 3 aromatic rings. The fourth-order valence-corrected chi connectivity index (χ4v) is 2.42. The summed E-state index contributed by atoms with van der Waals surface area (Å²) in [4.78, 5) is 36.4. The van der Waals surface area contributed by atoms with Crippen molar-refractivity contribution in [1.29, 1.82) is 0 Å². The van der Waals surface area contributed by atoms with Gasteiger partial charge in [-0.3, -0.25) is 19.7 Å². The van der Waals surface area contributed by atoms with Gasteiger partial charge in [-0.2, -0.15) is 10.2 Å². The summed E-state index contributed by atoms with van der Waals surface area (Å²) in [6.07, 6.45) is 0.138. The van der Waals surface area contributed by atoms with E-state index in [1.165, 1.54) is 0 Å². The molecule has 0 bridgehead atoms. The Hall–Kier alpha value is -2.75. The maximum atomic E-state index is 12.0. The van der Waals surface area contributed by atoms with Gasteiger partial charge in [0.2, 0.25) is 5.91 Å². The van der Waals surface area contributed by atoms with Crippen LogP contribution in [-0.4, -0.2) is 31.3 Å². The second-order valence-electron chi connectivity index (χ2n) is 4.76. The second kappa shape index (κ2) is 6.16. The third-order valence-electron chi connectivity index (χ3n) is 3.15. The number of hydrogen-bond acceptors (Lipinski definition) is 5. The lowest BCUT2D eigenvalue weighted by atomic mass is 10.2. The Bertz CT molecular complexity index is 989. The standard InChI is InChI=1S/C13H11BrN6O3/c14-6-1-2-7-9(5-6)18-19-11(7)15-10(21)4-3-8-12(22)16-13(23)20-17-8/h1-2,5H,3-4H2,(H2,15,18,19,21)(H2,16,20,22,23). The number of nitrogens with zero attached hydrogens (tertiary/aromatic N) is 2. The third-order valence-corrected chi connectivity index (χ3v) is 3.65. The summed E-state index contributed by atoms with van der Waals surface area (Å²) in [7, 11) is 0.